The van der Waals surface area contributed by atoms with E-state index < -0.39 is 0 Å². The maximum Gasteiger partial charge on any atom is 0.251 e. The van der Waals surface area contributed by atoms with E-state index in [1.165, 1.54) is 0 Å². The van der Waals surface area contributed by atoms with Crippen LogP contribution in [0.2, 0.25) is 0 Å². The van der Waals surface area contributed by atoms with Crippen molar-refractivity contribution in [2.45, 2.75) is 51.6 Å². The summed E-state index contributed by atoms with van der Waals surface area (Å²) in [5.74, 6) is 1.18. The molecule has 3 rings (SSSR count). The van der Waals surface area contributed by atoms with Crippen molar-refractivity contribution in [3.05, 3.63) is 0 Å². The van der Waals surface area contributed by atoms with Crippen molar-refractivity contribution in [1.29, 1.82) is 0 Å². The first-order chi connectivity index (χ1) is 14.0. The van der Waals surface area contributed by atoms with Gasteiger partial charge in [-0.25, -0.2) is 0 Å². The van der Waals surface area contributed by atoms with Gasteiger partial charge in [-0.2, -0.15) is 0 Å². The average molecular weight is 408 g/mol. The van der Waals surface area contributed by atoms with Crippen molar-refractivity contribution in [1.82, 2.24) is 20.0 Å². The topological polar surface area (TPSA) is 77.5 Å². The van der Waals surface area contributed by atoms with Crippen LogP contribution in [0.1, 0.15) is 45.4 Å². The predicted molar refractivity (Wildman–Crippen MR) is 113 cm³/mol. The minimum atomic E-state index is -0.359. The third-order valence-corrected chi connectivity index (χ3v) is 6.38. The molecule has 164 valence electrons. The molecule has 2 heterocycles. The summed E-state index contributed by atoms with van der Waals surface area (Å²) in [6.45, 7) is 6.93. The van der Waals surface area contributed by atoms with E-state index in [4.69, 9.17) is 9.73 Å². The highest BCUT2D eigenvalue weighted by Gasteiger charge is 2.42. The summed E-state index contributed by atoms with van der Waals surface area (Å²) in [6.07, 6.45) is 5.58. The van der Waals surface area contributed by atoms with Crippen LogP contribution in [0.3, 0.4) is 0 Å². The van der Waals surface area contributed by atoms with Crippen molar-refractivity contribution in [3.63, 3.8) is 0 Å². The molecular formula is C21H37N5O3. The lowest BCUT2D eigenvalue weighted by Crippen LogP contribution is -2.55. The second-order valence-electron chi connectivity index (χ2n) is 8.67. The monoisotopic (exact) mass is 407 g/mol. The Labute approximate surface area is 174 Å². The second-order valence-corrected chi connectivity index (χ2v) is 8.67. The molecule has 2 aliphatic heterocycles. The third-order valence-electron chi connectivity index (χ3n) is 6.38. The van der Waals surface area contributed by atoms with Crippen LogP contribution in [0.25, 0.3) is 0 Å². The molecule has 3 fully saturated rings. The van der Waals surface area contributed by atoms with Gasteiger partial charge in [0.05, 0.1) is 12.0 Å². The standard InChI is InChI=1S/C21H37N5O3/c1-4-22-20(23-16-21(9-5-6-10-21)19(28)24(2)3)26-13-11-25(12-14-26)18(27)17-8-7-15-29-17/h17H,4-16H2,1-3H3,(H,22,23). The number of piperazine rings is 1. The van der Waals surface area contributed by atoms with Crippen molar-refractivity contribution in [2.24, 2.45) is 10.4 Å². The molecule has 8 nitrogen and oxygen atoms in total. The van der Waals surface area contributed by atoms with E-state index in [-0.39, 0.29) is 23.3 Å². The highest BCUT2D eigenvalue weighted by Crippen LogP contribution is 2.39. The molecule has 1 saturated carbocycles. The molecule has 0 radical (unpaired) electrons. The third kappa shape index (κ3) is 5.02. The zero-order valence-corrected chi connectivity index (χ0v) is 18.3. The lowest BCUT2D eigenvalue weighted by Gasteiger charge is -2.38. The Morgan fingerprint density at radius 2 is 1.76 bits per heavy atom. The van der Waals surface area contributed by atoms with Crippen molar-refractivity contribution < 1.29 is 14.3 Å². The molecule has 1 atom stereocenters. The molecule has 0 aromatic carbocycles. The van der Waals surface area contributed by atoms with Gasteiger partial charge in [-0.1, -0.05) is 12.8 Å². The quantitative estimate of drug-likeness (QED) is 0.542. The van der Waals surface area contributed by atoms with Gasteiger partial charge in [0.1, 0.15) is 6.10 Å². The number of nitrogens with zero attached hydrogens (tertiary/aromatic N) is 4. The number of nitrogens with one attached hydrogen (secondary N) is 1. The van der Waals surface area contributed by atoms with Crippen molar-refractivity contribution in [2.75, 3.05) is 60.0 Å². The fourth-order valence-corrected chi connectivity index (χ4v) is 4.73. The smallest absolute Gasteiger partial charge is 0.251 e. The molecule has 1 N–H and O–H groups in total. The summed E-state index contributed by atoms with van der Waals surface area (Å²) in [6, 6.07) is 0. The maximum atomic E-state index is 12.8. The number of hydrogen-bond donors (Lipinski definition) is 1. The van der Waals surface area contributed by atoms with Gasteiger partial charge in [0.25, 0.3) is 5.91 Å². The molecule has 3 aliphatic rings. The minimum absolute atomic E-state index is 0.130. The van der Waals surface area contributed by atoms with Crippen molar-refractivity contribution >= 4 is 17.8 Å². The largest absolute Gasteiger partial charge is 0.368 e. The maximum absolute atomic E-state index is 12.8. The van der Waals surface area contributed by atoms with Crippen LogP contribution in [0.15, 0.2) is 4.99 Å². The highest BCUT2D eigenvalue weighted by molar-refractivity contribution is 5.85. The Morgan fingerprint density at radius 1 is 1.10 bits per heavy atom. The molecule has 8 heteroatoms. The normalized spacial score (nSPS) is 24.7. The van der Waals surface area contributed by atoms with Crippen LogP contribution < -0.4 is 5.32 Å². The number of aliphatic imine (C=N–C) groups is 1. The first-order valence-electron chi connectivity index (χ1n) is 11.1. The van der Waals surface area contributed by atoms with Crippen molar-refractivity contribution in [3.8, 4) is 0 Å². The molecule has 0 bridgehead atoms. The molecule has 29 heavy (non-hydrogen) atoms. The molecule has 0 aromatic heterocycles. The fourth-order valence-electron chi connectivity index (χ4n) is 4.73. The zero-order valence-electron chi connectivity index (χ0n) is 18.3. The van der Waals surface area contributed by atoms with E-state index in [1.807, 2.05) is 19.0 Å². The molecule has 1 unspecified atom stereocenters. The predicted octanol–water partition coefficient (Wildman–Crippen LogP) is 0.924. The van der Waals surface area contributed by atoms with Gasteiger partial charge in [-0.05, 0) is 32.6 Å². The minimum Gasteiger partial charge on any atom is -0.368 e. The van der Waals surface area contributed by atoms with E-state index in [2.05, 4.69) is 17.1 Å². The summed E-state index contributed by atoms with van der Waals surface area (Å²) in [5.41, 5.74) is -0.359. The van der Waals surface area contributed by atoms with E-state index in [0.29, 0.717) is 26.2 Å². The number of ether oxygens (including phenoxy) is 1. The first-order valence-corrected chi connectivity index (χ1v) is 11.1. The van der Waals surface area contributed by atoms with Gasteiger partial charge in [-0.3, -0.25) is 14.6 Å². The summed E-state index contributed by atoms with van der Waals surface area (Å²) in [7, 11) is 3.67. The zero-order chi connectivity index (χ0) is 20.9. The Hall–Kier alpha value is -1.83. The van der Waals surface area contributed by atoms with Gasteiger partial charge in [0, 0.05) is 53.4 Å². The van der Waals surface area contributed by atoms with Gasteiger partial charge < -0.3 is 24.8 Å². The van der Waals surface area contributed by atoms with Crippen LogP contribution in [0.5, 0.6) is 0 Å². The molecular weight excluding hydrogens is 370 g/mol. The SMILES string of the molecule is CCNC(=NCC1(C(=O)N(C)C)CCCC1)N1CCN(C(=O)C2CCCO2)CC1. The van der Waals surface area contributed by atoms with E-state index in [1.54, 1.807) is 4.90 Å². The average Bonchev–Trinajstić information content (AvgIpc) is 3.43. The van der Waals surface area contributed by atoms with E-state index >= 15 is 0 Å². The van der Waals surface area contributed by atoms with Crippen LogP contribution in [0, 0.1) is 5.41 Å². The molecule has 2 saturated heterocycles. The fraction of sp³-hybridized carbons (Fsp3) is 0.857. The molecule has 1 aliphatic carbocycles. The first kappa shape index (κ1) is 21.9. The highest BCUT2D eigenvalue weighted by atomic mass is 16.5. The summed E-state index contributed by atoms with van der Waals surface area (Å²) in [4.78, 5) is 36.1. The van der Waals surface area contributed by atoms with Gasteiger partial charge in [0.15, 0.2) is 5.96 Å². The molecule has 2 amide bonds. The van der Waals surface area contributed by atoms with E-state index in [9.17, 15) is 9.59 Å². The summed E-state index contributed by atoms with van der Waals surface area (Å²) in [5, 5.41) is 3.38. The number of carbonyl (C=O) groups excluding carboxylic acids is 2. The Balaban J connectivity index is 1.62. The van der Waals surface area contributed by atoms with Crippen LogP contribution in [0.4, 0.5) is 0 Å². The Morgan fingerprint density at radius 3 is 2.31 bits per heavy atom. The summed E-state index contributed by atoms with van der Waals surface area (Å²) < 4.78 is 5.55. The summed E-state index contributed by atoms with van der Waals surface area (Å²) >= 11 is 0. The number of rotatable bonds is 5. The Kier molecular flexibility index (Phi) is 7.38. The lowest BCUT2D eigenvalue weighted by atomic mass is 9.85. The van der Waals surface area contributed by atoms with Gasteiger partial charge in [0.2, 0.25) is 5.91 Å². The lowest BCUT2D eigenvalue weighted by molar-refractivity contribution is -0.142. The Bertz CT molecular complexity index is 601. The van der Waals surface area contributed by atoms with Crippen LogP contribution >= 0.6 is 0 Å². The van der Waals surface area contributed by atoms with Crippen LogP contribution in [-0.2, 0) is 14.3 Å². The van der Waals surface area contributed by atoms with E-state index in [0.717, 1.165) is 64.1 Å². The second kappa shape index (κ2) is 9.78. The molecule has 0 aromatic rings. The number of amides is 2. The van der Waals surface area contributed by atoms with Gasteiger partial charge in [-0.15, -0.1) is 0 Å². The van der Waals surface area contributed by atoms with Gasteiger partial charge >= 0.3 is 0 Å². The van der Waals surface area contributed by atoms with Crippen LogP contribution in [-0.4, -0.2) is 98.5 Å². The number of guanidine groups is 1. The number of hydrogen-bond acceptors (Lipinski definition) is 4. The number of carbonyl (C=O) groups is 2. The molecule has 0 spiro atoms.